The molecule has 0 fully saturated rings. The summed E-state index contributed by atoms with van der Waals surface area (Å²) in [6.45, 7) is 9.57. The van der Waals surface area contributed by atoms with Gasteiger partial charge in [0, 0.05) is 20.3 Å². The molecule has 0 bridgehead atoms. The number of aliphatic hydroxyl groups is 1. The second-order valence-corrected chi connectivity index (χ2v) is 4.94. The summed E-state index contributed by atoms with van der Waals surface area (Å²) >= 11 is 0. The molecule has 0 spiro atoms. The summed E-state index contributed by atoms with van der Waals surface area (Å²) in [5, 5.41) is 10.0. The molecule has 0 aromatic carbocycles. The molecule has 0 saturated heterocycles. The minimum absolute atomic E-state index is 0.0253. The number of rotatable bonds is 7. The lowest BCUT2D eigenvalue weighted by molar-refractivity contribution is -0.0917. The van der Waals surface area contributed by atoms with Crippen LogP contribution in [0.15, 0.2) is 0 Å². The van der Waals surface area contributed by atoms with Gasteiger partial charge in [-0.15, -0.1) is 0 Å². The van der Waals surface area contributed by atoms with Crippen LogP contribution in [0.3, 0.4) is 0 Å². The van der Waals surface area contributed by atoms with E-state index in [-0.39, 0.29) is 11.5 Å². The van der Waals surface area contributed by atoms with Crippen LogP contribution in [-0.2, 0) is 9.47 Å². The lowest BCUT2D eigenvalue weighted by atomic mass is 9.84. The van der Waals surface area contributed by atoms with Crippen molar-refractivity contribution in [2.75, 3.05) is 20.3 Å². The topological polar surface area (TPSA) is 38.7 Å². The Kier molecular flexibility index (Phi) is 7.14. The van der Waals surface area contributed by atoms with Crippen LogP contribution < -0.4 is 0 Å². The first-order chi connectivity index (χ1) is 6.93. The molecule has 0 aliphatic heterocycles. The van der Waals surface area contributed by atoms with Crippen molar-refractivity contribution < 1.29 is 14.6 Å². The standard InChI is InChI=1S/C12H26O3/c1-6-15-11(12(2,3)4)10(13)8-7-9-14-5/h10-11,13H,6-9H2,1-5H3. The second kappa shape index (κ2) is 7.20. The maximum atomic E-state index is 10.0. The molecule has 92 valence electrons. The molecule has 0 aromatic rings. The van der Waals surface area contributed by atoms with Crippen LogP contribution in [-0.4, -0.2) is 37.6 Å². The predicted octanol–water partition coefficient (Wildman–Crippen LogP) is 2.23. The summed E-state index contributed by atoms with van der Waals surface area (Å²) in [7, 11) is 1.68. The molecular weight excluding hydrogens is 192 g/mol. The van der Waals surface area contributed by atoms with Crippen LogP contribution in [0.2, 0.25) is 0 Å². The number of methoxy groups -OCH3 is 1. The van der Waals surface area contributed by atoms with Gasteiger partial charge in [-0.2, -0.15) is 0 Å². The Morgan fingerprint density at radius 2 is 1.87 bits per heavy atom. The monoisotopic (exact) mass is 218 g/mol. The fraction of sp³-hybridized carbons (Fsp3) is 1.00. The lowest BCUT2D eigenvalue weighted by Crippen LogP contribution is -2.40. The normalized spacial score (nSPS) is 16.4. The molecular formula is C12H26O3. The molecule has 0 heterocycles. The average Bonchev–Trinajstić information content (AvgIpc) is 2.12. The van der Waals surface area contributed by atoms with E-state index in [4.69, 9.17) is 9.47 Å². The van der Waals surface area contributed by atoms with Gasteiger partial charge in [-0.1, -0.05) is 20.8 Å². The molecule has 1 N–H and O–H groups in total. The van der Waals surface area contributed by atoms with Gasteiger partial charge in [0.15, 0.2) is 0 Å². The van der Waals surface area contributed by atoms with Gasteiger partial charge < -0.3 is 14.6 Å². The Hall–Kier alpha value is -0.120. The maximum Gasteiger partial charge on any atom is 0.0881 e. The number of hydrogen-bond donors (Lipinski definition) is 1. The highest BCUT2D eigenvalue weighted by atomic mass is 16.5. The molecule has 2 unspecified atom stereocenters. The molecule has 0 aliphatic carbocycles. The predicted molar refractivity (Wildman–Crippen MR) is 62.0 cm³/mol. The Balaban J connectivity index is 4.11. The number of hydrogen-bond acceptors (Lipinski definition) is 3. The molecule has 0 rings (SSSR count). The van der Waals surface area contributed by atoms with Gasteiger partial charge in [0.1, 0.15) is 0 Å². The van der Waals surface area contributed by atoms with Crippen molar-refractivity contribution in [1.82, 2.24) is 0 Å². The summed E-state index contributed by atoms with van der Waals surface area (Å²) in [4.78, 5) is 0. The molecule has 0 radical (unpaired) electrons. The van der Waals surface area contributed by atoms with E-state index in [1.54, 1.807) is 7.11 Å². The number of aliphatic hydroxyl groups excluding tert-OH is 1. The van der Waals surface area contributed by atoms with Gasteiger partial charge in [0.25, 0.3) is 0 Å². The molecule has 0 amide bonds. The minimum atomic E-state index is -0.403. The Morgan fingerprint density at radius 1 is 1.27 bits per heavy atom. The highest BCUT2D eigenvalue weighted by Crippen LogP contribution is 2.26. The van der Waals surface area contributed by atoms with E-state index in [1.165, 1.54) is 0 Å². The van der Waals surface area contributed by atoms with Crippen LogP contribution in [0.5, 0.6) is 0 Å². The van der Waals surface area contributed by atoms with Crippen molar-refractivity contribution >= 4 is 0 Å². The SMILES string of the molecule is CCOC(C(O)CCCOC)C(C)(C)C. The number of ether oxygens (including phenoxy) is 2. The smallest absolute Gasteiger partial charge is 0.0881 e. The third-order valence-corrected chi connectivity index (χ3v) is 2.40. The zero-order valence-electron chi connectivity index (χ0n) is 10.7. The van der Waals surface area contributed by atoms with Crippen LogP contribution in [0.25, 0.3) is 0 Å². The van der Waals surface area contributed by atoms with Crippen molar-refractivity contribution in [2.24, 2.45) is 5.41 Å². The Labute approximate surface area is 93.8 Å². The molecule has 0 aromatic heterocycles. The van der Waals surface area contributed by atoms with Crippen molar-refractivity contribution in [2.45, 2.75) is 52.7 Å². The highest BCUT2D eigenvalue weighted by molar-refractivity contribution is 4.81. The first-order valence-electron chi connectivity index (χ1n) is 5.72. The van der Waals surface area contributed by atoms with Crippen LogP contribution in [0, 0.1) is 5.41 Å². The molecule has 0 saturated carbocycles. The van der Waals surface area contributed by atoms with Gasteiger partial charge in [-0.25, -0.2) is 0 Å². The first kappa shape index (κ1) is 14.9. The van der Waals surface area contributed by atoms with Crippen molar-refractivity contribution in [1.29, 1.82) is 0 Å². The maximum absolute atomic E-state index is 10.0. The zero-order chi connectivity index (χ0) is 11.9. The second-order valence-electron chi connectivity index (χ2n) is 4.94. The van der Waals surface area contributed by atoms with E-state index in [0.29, 0.717) is 13.2 Å². The fourth-order valence-corrected chi connectivity index (χ4v) is 1.71. The average molecular weight is 218 g/mol. The quantitative estimate of drug-likeness (QED) is 0.666. The highest BCUT2D eigenvalue weighted by Gasteiger charge is 2.31. The van der Waals surface area contributed by atoms with Gasteiger partial charge in [-0.3, -0.25) is 0 Å². The van der Waals surface area contributed by atoms with Crippen LogP contribution >= 0.6 is 0 Å². The summed E-state index contributed by atoms with van der Waals surface area (Å²) in [6, 6.07) is 0. The van der Waals surface area contributed by atoms with E-state index in [1.807, 2.05) is 6.92 Å². The summed E-state index contributed by atoms with van der Waals surface area (Å²) in [5.74, 6) is 0. The zero-order valence-corrected chi connectivity index (χ0v) is 10.7. The summed E-state index contributed by atoms with van der Waals surface area (Å²) < 4.78 is 10.6. The van der Waals surface area contributed by atoms with Crippen LogP contribution in [0.4, 0.5) is 0 Å². The first-order valence-corrected chi connectivity index (χ1v) is 5.72. The molecule has 15 heavy (non-hydrogen) atoms. The van der Waals surface area contributed by atoms with Gasteiger partial charge in [0.2, 0.25) is 0 Å². The van der Waals surface area contributed by atoms with Crippen molar-refractivity contribution in [3.05, 3.63) is 0 Å². The molecule has 0 aliphatic rings. The lowest BCUT2D eigenvalue weighted by Gasteiger charge is -2.34. The Morgan fingerprint density at radius 3 is 2.27 bits per heavy atom. The van der Waals surface area contributed by atoms with Crippen molar-refractivity contribution in [3.8, 4) is 0 Å². The van der Waals surface area contributed by atoms with Crippen molar-refractivity contribution in [3.63, 3.8) is 0 Å². The summed E-state index contributed by atoms with van der Waals surface area (Å²) in [6.07, 6.45) is 1.10. The third kappa shape index (κ3) is 6.13. The largest absolute Gasteiger partial charge is 0.390 e. The van der Waals surface area contributed by atoms with E-state index in [0.717, 1.165) is 12.8 Å². The minimum Gasteiger partial charge on any atom is -0.390 e. The third-order valence-electron chi connectivity index (χ3n) is 2.40. The van der Waals surface area contributed by atoms with E-state index >= 15 is 0 Å². The summed E-state index contributed by atoms with van der Waals surface area (Å²) in [5.41, 5.74) is -0.0253. The molecule has 3 nitrogen and oxygen atoms in total. The van der Waals surface area contributed by atoms with E-state index < -0.39 is 6.10 Å². The molecule has 2 atom stereocenters. The van der Waals surface area contributed by atoms with Crippen LogP contribution in [0.1, 0.15) is 40.5 Å². The van der Waals surface area contributed by atoms with E-state index in [9.17, 15) is 5.11 Å². The van der Waals surface area contributed by atoms with Gasteiger partial charge in [-0.05, 0) is 25.2 Å². The molecule has 3 heteroatoms. The fourth-order valence-electron chi connectivity index (χ4n) is 1.71. The van der Waals surface area contributed by atoms with Gasteiger partial charge >= 0.3 is 0 Å². The van der Waals surface area contributed by atoms with E-state index in [2.05, 4.69) is 20.8 Å². The van der Waals surface area contributed by atoms with Gasteiger partial charge in [0.05, 0.1) is 12.2 Å². The Bertz CT molecular complexity index is 151.